The largest absolute Gasteiger partial charge is 0.327 e. The fraction of sp³-hybridized carbons (Fsp3) is 0.500. The van der Waals surface area contributed by atoms with Gasteiger partial charge in [0.05, 0.1) is 0 Å². The summed E-state index contributed by atoms with van der Waals surface area (Å²) in [5.41, 5.74) is 9.29. The number of nitrogens with one attached hydrogen (secondary N) is 1. The van der Waals surface area contributed by atoms with Crippen LogP contribution in [0.5, 0.6) is 0 Å². The van der Waals surface area contributed by atoms with Crippen molar-refractivity contribution < 1.29 is 4.79 Å². The lowest BCUT2D eigenvalue weighted by atomic mass is 9.65. The zero-order valence-electron chi connectivity index (χ0n) is 15.0. The molecular formula is C20H26ClN3OS. The number of carbonyl (C=O) groups is 1. The quantitative estimate of drug-likeness (QED) is 0.801. The molecule has 2 aliphatic carbocycles. The van der Waals surface area contributed by atoms with E-state index in [9.17, 15) is 4.79 Å². The number of nitrogens with zero attached hydrogens (tertiary/aromatic N) is 1. The maximum absolute atomic E-state index is 12.8. The normalized spacial score (nSPS) is 27.5. The second kappa shape index (κ2) is 8.07. The summed E-state index contributed by atoms with van der Waals surface area (Å²) in [6, 6.07) is 8.29. The fourth-order valence-corrected chi connectivity index (χ4v) is 5.26. The highest BCUT2D eigenvalue weighted by atomic mass is 35.5. The van der Waals surface area contributed by atoms with Gasteiger partial charge in [-0.25, -0.2) is 4.98 Å². The van der Waals surface area contributed by atoms with Gasteiger partial charge in [-0.2, -0.15) is 0 Å². The molecule has 0 spiro atoms. The van der Waals surface area contributed by atoms with Gasteiger partial charge in [0.25, 0.3) is 0 Å². The molecule has 2 fully saturated rings. The van der Waals surface area contributed by atoms with Crippen LogP contribution in [-0.4, -0.2) is 16.9 Å². The third kappa shape index (κ3) is 3.95. The number of carbonyl (C=O) groups excluding carboxylic acids is 1. The van der Waals surface area contributed by atoms with E-state index in [0.29, 0.717) is 17.9 Å². The molecule has 2 saturated carbocycles. The van der Waals surface area contributed by atoms with E-state index < -0.39 is 0 Å². The summed E-state index contributed by atoms with van der Waals surface area (Å²) in [6.45, 7) is 2.00. The second-order valence-corrected chi connectivity index (χ2v) is 8.42. The van der Waals surface area contributed by atoms with Gasteiger partial charge in [-0.15, -0.1) is 23.7 Å². The first kappa shape index (κ1) is 19.3. The van der Waals surface area contributed by atoms with Crippen LogP contribution in [0, 0.1) is 24.7 Å². The van der Waals surface area contributed by atoms with E-state index in [2.05, 4.69) is 10.3 Å². The SMILES string of the molecule is Cc1csc(-c2cccc(NC(=O)C3CC4CCCC(C3)C4N)c2)n1.Cl. The average molecular weight is 392 g/mol. The monoisotopic (exact) mass is 391 g/mol. The summed E-state index contributed by atoms with van der Waals surface area (Å²) in [5, 5.41) is 6.17. The third-order valence-electron chi connectivity index (χ3n) is 5.78. The van der Waals surface area contributed by atoms with Gasteiger partial charge in [-0.05, 0) is 56.6 Å². The van der Waals surface area contributed by atoms with Crippen LogP contribution < -0.4 is 11.1 Å². The number of anilines is 1. The van der Waals surface area contributed by atoms with Crippen LogP contribution in [0.2, 0.25) is 0 Å². The number of thiazole rings is 1. The number of hydrogen-bond donors (Lipinski definition) is 2. The van der Waals surface area contributed by atoms with E-state index in [0.717, 1.165) is 34.8 Å². The molecule has 0 saturated heterocycles. The Balaban J connectivity index is 0.00000196. The lowest BCUT2D eigenvalue weighted by Crippen LogP contribution is -2.48. The molecule has 2 aliphatic rings. The average Bonchev–Trinajstić information content (AvgIpc) is 3.01. The van der Waals surface area contributed by atoms with Crippen LogP contribution in [0.1, 0.15) is 37.8 Å². The third-order valence-corrected chi connectivity index (χ3v) is 6.79. The van der Waals surface area contributed by atoms with E-state index in [1.165, 1.54) is 19.3 Å². The van der Waals surface area contributed by atoms with E-state index in [1.54, 1.807) is 11.3 Å². The minimum atomic E-state index is 0. The van der Waals surface area contributed by atoms with Crippen molar-refractivity contribution in [3.63, 3.8) is 0 Å². The zero-order valence-corrected chi connectivity index (χ0v) is 16.6. The highest BCUT2D eigenvalue weighted by Gasteiger charge is 2.40. The van der Waals surface area contributed by atoms with Gasteiger partial charge < -0.3 is 11.1 Å². The summed E-state index contributed by atoms with van der Waals surface area (Å²) >= 11 is 1.63. The molecule has 1 aromatic carbocycles. The maximum atomic E-state index is 12.8. The Labute approximate surface area is 165 Å². The molecule has 1 amide bonds. The number of nitrogens with two attached hydrogens (primary N) is 1. The Kier molecular flexibility index (Phi) is 6.00. The number of benzene rings is 1. The summed E-state index contributed by atoms with van der Waals surface area (Å²) < 4.78 is 0. The molecule has 140 valence electrons. The highest BCUT2D eigenvalue weighted by Crippen LogP contribution is 2.42. The predicted molar refractivity (Wildman–Crippen MR) is 110 cm³/mol. The number of amides is 1. The van der Waals surface area contributed by atoms with Gasteiger partial charge in [0.2, 0.25) is 5.91 Å². The summed E-state index contributed by atoms with van der Waals surface area (Å²) in [4.78, 5) is 17.3. The van der Waals surface area contributed by atoms with Crippen LogP contribution in [0.3, 0.4) is 0 Å². The van der Waals surface area contributed by atoms with E-state index >= 15 is 0 Å². The van der Waals surface area contributed by atoms with Crippen LogP contribution >= 0.6 is 23.7 Å². The van der Waals surface area contributed by atoms with Crippen molar-refractivity contribution >= 4 is 35.3 Å². The number of hydrogen-bond acceptors (Lipinski definition) is 4. The first-order valence-corrected chi connectivity index (χ1v) is 10.1. The number of rotatable bonds is 3. The second-order valence-electron chi connectivity index (χ2n) is 7.56. The topological polar surface area (TPSA) is 68.0 Å². The molecule has 4 nitrogen and oxygen atoms in total. The Morgan fingerprint density at radius 2 is 2.00 bits per heavy atom. The van der Waals surface area contributed by atoms with Gasteiger partial charge >= 0.3 is 0 Å². The first-order valence-electron chi connectivity index (χ1n) is 9.19. The molecule has 1 heterocycles. The van der Waals surface area contributed by atoms with Crippen LogP contribution in [0.15, 0.2) is 29.6 Å². The molecular weight excluding hydrogens is 366 g/mol. The molecule has 3 N–H and O–H groups in total. The number of aryl methyl sites for hydroxylation is 1. The van der Waals surface area contributed by atoms with Gasteiger partial charge in [0.1, 0.15) is 5.01 Å². The first-order chi connectivity index (χ1) is 12.1. The van der Waals surface area contributed by atoms with Crippen molar-refractivity contribution in [1.29, 1.82) is 0 Å². The summed E-state index contributed by atoms with van der Waals surface area (Å²) in [6.07, 6.45) is 5.51. The van der Waals surface area contributed by atoms with Crippen molar-refractivity contribution in [1.82, 2.24) is 4.98 Å². The smallest absolute Gasteiger partial charge is 0.227 e. The molecule has 2 atom stereocenters. The molecule has 1 aromatic heterocycles. The fourth-order valence-electron chi connectivity index (χ4n) is 4.46. The molecule has 0 radical (unpaired) electrons. The van der Waals surface area contributed by atoms with E-state index in [4.69, 9.17) is 5.73 Å². The predicted octanol–water partition coefficient (Wildman–Crippen LogP) is 4.63. The van der Waals surface area contributed by atoms with Crippen molar-refractivity contribution in [3.05, 3.63) is 35.3 Å². The van der Waals surface area contributed by atoms with E-state index in [1.807, 2.05) is 36.6 Å². The van der Waals surface area contributed by atoms with Gasteiger partial charge in [0, 0.05) is 34.3 Å². The minimum Gasteiger partial charge on any atom is -0.327 e. The van der Waals surface area contributed by atoms with Crippen molar-refractivity contribution in [2.24, 2.45) is 23.5 Å². The highest BCUT2D eigenvalue weighted by molar-refractivity contribution is 7.13. The van der Waals surface area contributed by atoms with Gasteiger partial charge in [0.15, 0.2) is 0 Å². The van der Waals surface area contributed by atoms with Crippen molar-refractivity contribution in [3.8, 4) is 10.6 Å². The van der Waals surface area contributed by atoms with Crippen molar-refractivity contribution in [2.75, 3.05) is 5.32 Å². The lowest BCUT2D eigenvalue weighted by molar-refractivity contribution is -0.122. The molecule has 2 bridgehead atoms. The summed E-state index contributed by atoms with van der Waals surface area (Å²) in [7, 11) is 0. The van der Waals surface area contributed by atoms with Crippen LogP contribution in [0.25, 0.3) is 10.6 Å². The number of aromatic nitrogens is 1. The molecule has 0 aliphatic heterocycles. The zero-order chi connectivity index (χ0) is 17.4. The lowest BCUT2D eigenvalue weighted by Gasteiger charge is -2.43. The number of halogens is 1. The molecule has 2 unspecified atom stereocenters. The van der Waals surface area contributed by atoms with Crippen LogP contribution in [-0.2, 0) is 4.79 Å². The molecule has 4 rings (SSSR count). The van der Waals surface area contributed by atoms with Crippen molar-refractivity contribution in [2.45, 2.75) is 45.1 Å². The van der Waals surface area contributed by atoms with Crippen LogP contribution in [0.4, 0.5) is 5.69 Å². The number of fused-ring (bicyclic) bond motifs is 2. The molecule has 2 aromatic rings. The Morgan fingerprint density at radius 1 is 1.27 bits per heavy atom. The van der Waals surface area contributed by atoms with Gasteiger partial charge in [-0.1, -0.05) is 18.6 Å². The Hall–Kier alpha value is -1.43. The maximum Gasteiger partial charge on any atom is 0.227 e. The van der Waals surface area contributed by atoms with E-state index in [-0.39, 0.29) is 24.2 Å². The standard InChI is InChI=1S/C20H25N3OS.ClH/c1-12-11-25-20(22-12)15-6-3-7-17(10-15)23-19(24)16-8-13-4-2-5-14(9-16)18(13)21;/h3,6-7,10-11,13-14,16,18H,2,4-5,8-9,21H2,1H3,(H,23,24);1H. The minimum absolute atomic E-state index is 0. The Bertz CT molecular complexity index is 764. The summed E-state index contributed by atoms with van der Waals surface area (Å²) in [5.74, 6) is 1.29. The molecule has 6 heteroatoms. The van der Waals surface area contributed by atoms with Gasteiger partial charge in [-0.3, -0.25) is 4.79 Å². The molecule has 26 heavy (non-hydrogen) atoms. The Morgan fingerprint density at radius 3 is 2.65 bits per heavy atom.